The van der Waals surface area contributed by atoms with Crippen LogP contribution in [0, 0.1) is 13.8 Å². The second-order valence-electron chi connectivity index (χ2n) is 5.58. The Labute approximate surface area is 138 Å². The number of carbonyl (C=O) groups is 2. The molecule has 2 amide bonds. The number of hydrogen-bond donors (Lipinski definition) is 2. The predicted octanol–water partition coefficient (Wildman–Crippen LogP) is 1.94. The van der Waals surface area contributed by atoms with Gasteiger partial charge < -0.3 is 11.1 Å². The van der Waals surface area contributed by atoms with Gasteiger partial charge in [-0.1, -0.05) is 12.1 Å². The van der Waals surface area contributed by atoms with Crippen molar-refractivity contribution in [3.63, 3.8) is 0 Å². The number of primary amides is 1. The zero-order chi connectivity index (χ0) is 17.4. The van der Waals surface area contributed by atoms with Gasteiger partial charge >= 0.3 is 0 Å². The average Bonchev–Trinajstić information content (AvgIpc) is 2.81. The number of rotatable bonds is 3. The molecular formula is C17H17N5O2. The van der Waals surface area contributed by atoms with Crippen LogP contribution in [0.4, 0.5) is 5.69 Å². The summed E-state index contributed by atoms with van der Waals surface area (Å²) in [7, 11) is 1.78. The van der Waals surface area contributed by atoms with Crippen LogP contribution in [0.3, 0.4) is 0 Å². The second kappa shape index (κ2) is 5.77. The molecule has 122 valence electrons. The molecule has 2 heterocycles. The van der Waals surface area contributed by atoms with E-state index in [9.17, 15) is 9.59 Å². The SMILES string of the molecule is Cc1cc(C(=O)Nc2ccccc2C(N)=O)c2c(C)nn(C)c2n1. The summed E-state index contributed by atoms with van der Waals surface area (Å²) in [5, 5.41) is 7.78. The quantitative estimate of drug-likeness (QED) is 0.768. The largest absolute Gasteiger partial charge is 0.366 e. The number of aromatic nitrogens is 3. The summed E-state index contributed by atoms with van der Waals surface area (Å²) in [4.78, 5) is 28.7. The fraction of sp³-hybridized carbons (Fsp3) is 0.176. The molecule has 1 aromatic carbocycles. The Kier molecular flexibility index (Phi) is 3.76. The Balaban J connectivity index is 2.09. The average molecular weight is 323 g/mol. The third-order valence-corrected chi connectivity index (χ3v) is 3.78. The van der Waals surface area contributed by atoms with Crippen LogP contribution in [0.25, 0.3) is 11.0 Å². The van der Waals surface area contributed by atoms with E-state index in [4.69, 9.17) is 5.73 Å². The van der Waals surface area contributed by atoms with E-state index in [1.165, 1.54) is 0 Å². The number of para-hydroxylation sites is 1. The van der Waals surface area contributed by atoms with Crippen LogP contribution in [0.1, 0.15) is 32.1 Å². The summed E-state index contributed by atoms with van der Waals surface area (Å²) in [6, 6.07) is 8.33. The molecule has 7 nitrogen and oxygen atoms in total. The van der Waals surface area contributed by atoms with Crippen molar-refractivity contribution in [2.75, 3.05) is 5.32 Å². The van der Waals surface area contributed by atoms with Crippen molar-refractivity contribution in [2.24, 2.45) is 12.8 Å². The van der Waals surface area contributed by atoms with Crippen LogP contribution in [-0.2, 0) is 7.05 Å². The van der Waals surface area contributed by atoms with Crippen LogP contribution < -0.4 is 11.1 Å². The van der Waals surface area contributed by atoms with Crippen LogP contribution in [-0.4, -0.2) is 26.6 Å². The second-order valence-corrected chi connectivity index (χ2v) is 5.58. The number of hydrogen-bond acceptors (Lipinski definition) is 4. The van der Waals surface area contributed by atoms with E-state index in [1.54, 1.807) is 42.1 Å². The van der Waals surface area contributed by atoms with E-state index in [0.717, 1.165) is 0 Å². The molecular weight excluding hydrogens is 306 g/mol. The minimum absolute atomic E-state index is 0.260. The molecule has 3 aromatic rings. The maximum Gasteiger partial charge on any atom is 0.256 e. The summed E-state index contributed by atoms with van der Waals surface area (Å²) in [5.41, 5.74) is 8.52. The third kappa shape index (κ3) is 2.60. The number of fused-ring (bicyclic) bond motifs is 1. The zero-order valence-corrected chi connectivity index (χ0v) is 13.6. The molecule has 0 bridgehead atoms. The topological polar surface area (TPSA) is 103 Å². The first kappa shape index (κ1) is 15.7. The molecule has 7 heteroatoms. The Morgan fingerprint density at radius 3 is 2.58 bits per heavy atom. The molecule has 0 unspecified atom stereocenters. The predicted molar refractivity (Wildman–Crippen MR) is 90.9 cm³/mol. The van der Waals surface area contributed by atoms with Crippen LogP contribution >= 0.6 is 0 Å². The van der Waals surface area contributed by atoms with Gasteiger partial charge in [-0.05, 0) is 32.0 Å². The van der Waals surface area contributed by atoms with Gasteiger partial charge in [0.15, 0.2) is 5.65 Å². The van der Waals surface area contributed by atoms with E-state index in [0.29, 0.717) is 33.7 Å². The van der Waals surface area contributed by atoms with Crippen molar-refractivity contribution in [3.05, 3.63) is 52.8 Å². The van der Waals surface area contributed by atoms with Gasteiger partial charge in [0.1, 0.15) is 0 Å². The molecule has 0 aliphatic rings. The van der Waals surface area contributed by atoms with Gasteiger partial charge in [0.2, 0.25) is 0 Å². The molecule has 0 saturated carbocycles. The van der Waals surface area contributed by atoms with Gasteiger partial charge in [0, 0.05) is 12.7 Å². The molecule has 24 heavy (non-hydrogen) atoms. The number of anilines is 1. The van der Waals surface area contributed by atoms with Crippen molar-refractivity contribution in [3.8, 4) is 0 Å². The van der Waals surface area contributed by atoms with Gasteiger partial charge in [0.05, 0.1) is 27.9 Å². The monoisotopic (exact) mass is 323 g/mol. The Morgan fingerprint density at radius 2 is 1.88 bits per heavy atom. The first-order chi connectivity index (χ1) is 11.4. The molecule has 3 rings (SSSR count). The minimum atomic E-state index is -0.598. The lowest BCUT2D eigenvalue weighted by molar-refractivity contribution is 0.100. The lowest BCUT2D eigenvalue weighted by Crippen LogP contribution is -2.18. The van der Waals surface area contributed by atoms with Crippen molar-refractivity contribution in [1.82, 2.24) is 14.8 Å². The minimum Gasteiger partial charge on any atom is -0.366 e. The molecule has 0 aliphatic carbocycles. The maximum atomic E-state index is 12.8. The van der Waals surface area contributed by atoms with Crippen LogP contribution in [0.5, 0.6) is 0 Å². The molecule has 0 atom stereocenters. The zero-order valence-electron chi connectivity index (χ0n) is 13.6. The van der Waals surface area contributed by atoms with Gasteiger partial charge in [-0.3, -0.25) is 14.3 Å². The number of benzene rings is 1. The summed E-state index contributed by atoms with van der Waals surface area (Å²) >= 11 is 0. The van der Waals surface area contributed by atoms with E-state index in [2.05, 4.69) is 15.4 Å². The Morgan fingerprint density at radius 1 is 1.17 bits per heavy atom. The van der Waals surface area contributed by atoms with Gasteiger partial charge in [-0.15, -0.1) is 0 Å². The number of nitrogens with two attached hydrogens (primary N) is 1. The molecule has 0 radical (unpaired) electrons. The van der Waals surface area contributed by atoms with Gasteiger partial charge in [0.25, 0.3) is 11.8 Å². The van der Waals surface area contributed by atoms with E-state index >= 15 is 0 Å². The maximum absolute atomic E-state index is 12.8. The molecule has 0 fully saturated rings. The number of nitrogens with one attached hydrogen (secondary N) is 1. The Bertz CT molecular complexity index is 975. The van der Waals surface area contributed by atoms with Crippen molar-refractivity contribution >= 4 is 28.5 Å². The van der Waals surface area contributed by atoms with Crippen LogP contribution in [0.15, 0.2) is 30.3 Å². The fourth-order valence-corrected chi connectivity index (χ4v) is 2.75. The number of amides is 2. The normalized spacial score (nSPS) is 10.8. The first-order valence-corrected chi connectivity index (χ1v) is 7.39. The highest BCUT2D eigenvalue weighted by atomic mass is 16.2. The molecule has 2 aromatic heterocycles. The standard InChI is InChI=1S/C17H17N5O2/c1-9-8-12(14-10(2)21-22(3)16(14)19-9)17(24)20-13-7-5-4-6-11(13)15(18)23/h4-8H,1-3H3,(H2,18,23)(H,20,24). The highest BCUT2D eigenvalue weighted by Gasteiger charge is 2.19. The third-order valence-electron chi connectivity index (χ3n) is 3.78. The lowest BCUT2D eigenvalue weighted by Gasteiger charge is -2.10. The summed E-state index contributed by atoms with van der Waals surface area (Å²) < 4.78 is 1.64. The van der Waals surface area contributed by atoms with Crippen molar-refractivity contribution in [2.45, 2.75) is 13.8 Å². The van der Waals surface area contributed by atoms with Crippen molar-refractivity contribution < 1.29 is 9.59 Å². The van der Waals surface area contributed by atoms with E-state index in [1.807, 2.05) is 13.8 Å². The number of carbonyl (C=O) groups excluding carboxylic acids is 2. The summed E-state index contributed by atoms with van der Waals surface area (Å²) in [6.07, 6.45) is 0. The summed E-state index contributed by atoms with van der Waals surface area (Å²) in [5.74, 6) is -0.935. The molecule has 0 spiro atoms. The Hall–Kier alpha value is -3.22. The highest BCUT2D eigenvalue weighted by Crippen LogP contribution is 2.23. The fourth-order valence-electron chi connectivity index (χ4n) is 2.75. The first-order valence-electron chi connectivity index (χ1n) is 7.39. The van der Waals surface area contributed by atoms with Crippen LogP contribution in [0.2, 0.25) is 0 Å². The number of aryl methyl sites for hydroxylation is 3. The molecule has 3 N–H and O–H groups in total. The van der Waals surface area contributed by atoms with Gasteiger partial charge in [-0.25, -0.2) is 4.98 Å². The highest BCUT2D eigenvalue weighted by molar-refractivity contribution is 6.14. The van der Waals surface area contributed by atoms with Crippen molar-refractivity contribution in [1.29, 1.82) is 0 Å². The smallest absolute Gasteiger partial charge is 0.256 e. The molecule has 0 aliphatic heterocycles. The van der Waals surface area contributed by atoms with Gasteiger partial charge in [-0.2, -0.15) is 5.10 Å². The lowest BCUT2D eigenvalue weighted by atomic mass is 10.1. The number of pyridine rings is 1. The van der Waals surface area contributed by atoms with E-state index in [-0.39, 0.29) is 11.5 Å². The number of nitrogens with zero attached hydrogens (tertiary/aromatic N) is 3. The molecule has 0 saturated heterocycles. The summed E-state index contributed by atoms with van der Waals surface area (Å²) in [6.45, 7) is 3.64. The van der Waals surface area contributed by atoms with E-state index < -0.39 is 5.91 Å².